The van der Waals surface area contributed by atoms with E-state index in [2.05, 4.69) is 5.32 Å². The van der Waals surface area contributed by atoms with E-state index < -0.39 is 29.7 Å². The van der Waals surface area contributed by atoms with E-state index >= 15 is 0 Å². The summed E-state index contributed by atoms with van der Waals surface area (Å²) in [7, 11) is 2.99. The molecule has 1 aliphatic rings. The van der Waals surface area contributed by atoms with Crippen molar-refractivity contribution in [2.75, 3.05) is 24.4 Å². The Kier molecular flexibility index (Phi) is 7.19. The average Bonchev–Trinajstić information content (AvgIpc) is 3.08. The molecule has 1 aliphatic heterocycles. The smallest absolute Gasteiger partial charge is 0.332 e. The van der Waals surface area contributed by atoms with Gasteiger partial charge in [0, 0.05) is 30.4 Å². The third-order valence-corrected chi connectivity index (χ3v) is 5.86. The zero-order chi connectivity index (χ0) is 25.8. The van der Waals surface area contributed by atoms with Crippen LogP contribution in [0.4, 0.5) is 20.6 Å². The highest BCUT2D eigenvalue weighted by Crippen LogP contribution is 2.30. The van der Waals surface area contributed by atoms with Gasteiger partial charge in [0.2, 0.25) is 5.91 Å². The molecule has 0 bridgehead atoms. The van der Waals surface area contributed by atoms with Crippen molar-refractivity contribution in [2.24, 2.45) is 0 Å². The lowest BCUT2D eigenvalue weighted by atomic mass is 10.1. The van der Waals surface area contributed by atoms with Gasteiger partial charge >= 0.3 is 6.03 Å². The highest BCUT2D eigenvalue weighted by molar-refractivity contribution is 6.22. The number of nitrogens with one attached hydrogen (secondary N) is 1. The van der Waals surface area contributed by atoms with Crippen LogP contribution in [-0.4, -0.2) is 43.0 Å². The Labute approximate surface area is 208 Å². The van der Waals surface area contributed by atoms with Gasteiger partial charge in [0.05, 0.1) is 26.3 Å². The van der Waals surface area contributed by atoms with Crippen LogP contribution >= 0.6 is 0 Å². The van der Waals surface area contributed by atoms with Crippen LogP contribution < -0.4 is 19.7 Å². The van der Waals surface area contributed by atoms with Gasteiger partial charge in [-0.05, 0) is 42.3 Å². The highest BCUT2D eigenvalue weighted by Gasteiger charge is 2.46. The van der Waals surface area contributed by atoms with Crippen LogP contribution in [0.1, 0.15) is 17.5 Å². The van der Waals surface area contributed by atoms with E-state index in [4.69, 9.17) is 9.47 Å². The predicted octanol–water partition coefficient (Wildman–Crippen LogP) is 4.52. The van der Waals surface area contributed by atoms with Crippen molar-refractivity contribution in [2.45, 2.75) is 25.9 Å². The van der Waals surface area contributed by atoms with Gasteiger partial charge in [-0.15, -0.1) is 0 Å². The minimum Gasteiger partial charge on any atom is -0.497 e. The molecule has 8 nitrogen and oxygen atoms in total. The Morgan fingerprint density at radius 3 is 2.25 bits per heavy atom. The van der Waals surface area contributed by atoms with E-state index in [1.165, 1.54) is 31.3 Å². The summed E-state index contributed by atoms with van der Waals surface area (Å²) < 4.78 is 23.9. The molecule has 1 saturated heterocycles. The van der Waals surface area contributed by atoms with E-state index in [1.54, 1.807) is 48.5 Å². The van der Waals surface area contributed by atoms with Gasteiger partial charge in [-0.2, -0.15) is 0 Å². The molecule has 0 aromatic heterocycles. The Balaban J connectivity index is 1.61. The average molecular weight is 492 g/mol. The number of methoxy groups -OCH3 is 2. The summed E-state index contributed by atoms with van der Waals surface area (Å²) in [6.07, 6.45) is -0.270. The van der Waals surface area contributed by atoms with Gasteiger partial charge in [0.25, 0.3) is 5.91 Å². The van der Waals surface area contributed by atoms with E-state index in [0.29, 0.717) is 28.4 Å². The van der Waals surface area contributed by atoms with Gasteiger partial charge in [0.1, 0.15) is 23.4 Å². The number of carbonyl (C=O) groups is 3. The number of benzene rings is 3. The molecule has 9 heteroatoms. The molecule has 0 spiro atoms. The maximum Gasteiger partial charge on any atom is 0.332 e. The summed E-state index contributed by atoms with van der Waals surface area (Å²) in [5, 5.41) is 2.75. The minimum atomic E-state index is -1.05. The van der Waals surface area contributed by atoms with Crippen LogP contribution in [0.25, 0.3) is 0 Å². The summed E-state index contributed by atoms with van der Waals surface area (Å²) in [5.74, 6) is -0.410. The Morgan fingerprint density at radius 2 is 1.64 bits per heavy atom. The summed E-state index contributed by atoms with van der Waals surface area (Å²) in [5.41, 5.74) is 2.36. The SMILES string of the molecule is COc1cc(NC(=O)C[C@H]2C(=O)N(c3cccc(C)c3)C(=O)N2Cc2ccc(F)cc2)cc(OC)c1. The first kappa shape index (κ1) is 24.7. The third kappa shape index (κ3) is 5.30. The Bertz CT molecular complexity index is 1270. The third-order valence-electron chi connectivity index (χ3n) is 5.86. The zero-order valence-electron chi connectivity index (χ0n) is 20.2. The molecule has 1 N–H and O–H groups in total. The van der Waals surface area contributed by atoms with Crippen LogP contribution in [-0.2, 0) is 16.1 Å². The van der Waals surface area contributed by atoms with Crippen molar-refractivity contribution in [3.05, 3.63) is 83.7 Å². The number of hydrogen-bond acceptors (Lipinski definition) is 5. The topological polar surface area (TPSA) is 88.2 Å². The molecule has 1 fully saturated rings. The van der Waals surface area contributed by atoms with E-state index in [0.717, 1.165) is 10.5 Å². The molecule has 0 aliphatic carbocycles. The van der Waals surface area contributed by atoms with Crippen molar-refractivity contribution in [3.8, 4) is 11.5 Å². The van der Waals surface area contributed by atoms with Crippen LogP contribution in [0.3, 0.4) is 0 Å². The van der Waals surface area contributed by atoms with E-state index in [-0.39, 0.29) is 13.0 Å². The van der Waals surface area contributed by atoms with E-state index in [1.807, 2.05) is 13.0 Å². The molecule has 1 atom stereocenters. The summed E-state index contributed by atoms with van der Waals surface area (Å²) in [4.78, 5) is 42.3. The standard InChI is InChI=1S/C27H26FN3O5/c1-17-5-4-6-21(11-17)31-26(33)24(30(27(31)34)16-18-7-9-19(28)10-8-18)15-25(32)29-20-12-22(35-2)14-23(13-20)36-3/h4-14,24H,15-16H2,1-3H3,(H,29,32)/t24-/m0/s1. The van der Waals surface area contributed by atoms with Crippen LogP contribution in [0.15, 0.2) is 66.7 Å². The molecule has 4 amide bonds. The van der Waals surface area contributed by atoms with Crippen molar-refractivity contribution in [3.63, 3.8) is 0 Å². The fourth-order valence-electron chi connectivity index (χ4n) is 4.07. The summed E-state index contributed by atoms with van der Waals surface area (Å²) in [6, 6.07) is 16.0. The van der Waals surface area contributed by atoms with Crippen molar-refractivity contribution < 1.29 is 28.2 Å². The van der Waals surface area contributed by atoms with Gasteiger partial charge in [-0.3, -0.25) is 9.59 Å². The van der Waals surface area contributed by atoms with Crippen LogP contribution in [0.2, 0.25) is 0 Å². The number of anilines is 2. The number of carbonyl (C=O) groups excluding carboxylic acids is 3. The molecular weight excluding hydrogens is 465 g/mol. The quantitative estimate of drug-likeness (QED) is 0.468. The first-order valence-electron chi connectivity index (χ1n) is 11.3. The Hall–Kier alpha value is -4.40. The molecule has 0 unspecified atom stereocenters. The van der Waals surface area contributed by atoms with Gasteiger partial charge in [0.15, 0.2) is 0 Å². The van der Waals surface area contributed by atoms with Gasteiger partial charge < -0.3 is 19.7 Å². The number of ether oxygens (including phenoxy) is 2. The molecule has 186 valence electrons. The molecular formula is C27H26FN3O5. The zero-order valence-corrected chi connectivity index (χ0v) is 20.2. The number of amides is 4. The predicted molar refractivity (Wildman–Crippen MR) is 133 cm³/mol. The molecule has 3 aromatic rings. The summed E-state index contributed by atoms with van der Waals surface area (Å²) >= 11 is 0. The fraction of sp³-hybridized carbons (Fsp3) is 0.222. The number of urea groups is 1. The van der Waals surface area contributed by atoms with Crippen LogP contribution in [0.5, 0.6) is 11.5 Å². The van der Waals surface area contributed by atoms with Gasteiger partial charge in [-0.25, -0.2) is 14.1 Å². The van der Waals surface area contributed by atoms with Gasteiger partial charge in [-0.1, -0.05) is 24.3 Å². The second-order valence-corrected chi connectivity index (χ2v) is 8.42. The molecule has 3 aromatic carbocycles. The molecule has 36 heavy (non-hydrogen) atoms. The van der Waals surface area contributed by atoms with E-state index in [9.17, 15) is 18.8 Å². The number of rotatable bonds is 8. The molecule has 0 saturated carbocycles. The lowest BCUT2D eigenvalue weighted by Gasteiger charge is -2.22. The van der Waals surface area contributed by atoms with Crippen molar-refractivity contribution in [1.29, 1.82) is 0 Å². The number of nitrogens with zero attached hydrogens (tertiary/aromatic N) is 2. The Morgan fingerprint density at radius 1 is 0.972 bits per heavy atom. The number of hydrogen-bond donors (Lipinski definition) is 1. The molecule has 0 radical (unpaired) electrons. The monoisotopic (exact) mass is 491 g/mol. The first-order valence-corrected chi connectivity index (χ1v) is 11.3. The minimum absolute atomic E-state index is 0.0398. The second-order valence-electron chi connectivity index (χ2n) is 8.42. The maximum atomic E-state index is 13.5. The maximum absolute atomic E-state index is 13.5. The number of imide groups is 1. The molecule has 4 rings (SSSR count). The fourth-order valence-corrected chi connectivity index (χ4v) is 4.07. The number of aryl methyl sites for hydroxylation is 1. The van der Waals surface area contributed by atoms with Crippen LogP contribution in [0, 0.1) is 12.7 Å². The first-order chi connectivity index (χ1) is 17.3. The highest BCUT2D eigenvalue weighted by atomic mass is 19.1. The molecule has 1 heterocycles. The lowest BCUT2D eigenvalue weighted by molar-refractivity contribution is -0.124. The second kappa shape index (κ2) is 10.5. The van der Waals surface area contributed by atoms with Crippen molar-refractivity contribution >= 4 is 29.2 Å². The lowest BCUT2D eigenvalue weighted by Crippen LogP contribution is -2.37. The summed E-state index contributed by atoms with van der Waals surface area (Å²) in [6.45, 7) is 1.90. The largest absolute Gasteiger partial charge is 0.497 e. The van der Waals surface area contributed by atoms with Crippen molar-refractivity contribution in [1.82, 2.24) is 4.90 Å². The number of halogens is 1. The normalized spacial score (nSPS) is 15.3.